The molecule has 0 saturated heterocycles. The summed E-state index contributed by atoms with van der Waals surface area (Å²) < 4.78 is 27.4. The Labute approximate surface area is 505 Å². The summed E-state index contributed by atoms with van der Waals surface area (Å²) in [6.07, 6.45) is 26.9. The van der Waals surface area contributed by atoms with Crippen LogP contribution < -0.4 is 27.0 Å². The zero-order valence-corrected chi connectivity index (χ0v) is 54.3. The first-order valence-corrected chi connectivity index (χ1v) is 31.6. The Morgan fingerprint density at radius 2 is 1.34 bits per heavy atom. The Morgan fingerprint density at radius 3 is 1.87 bits per heavy atom. The van der Waals surface area contributed by atoms with E-state index in [9.17, 15) is 33.6 Å². The van der Waals surface area contributed by atoms with E-state index in [1.807, 2.05) is 78.8 Å². The SMILES string of the molecule is CC1=CC[C@@H]([C@@H](C)/C=C\C=C/C(=O)N[C@H](C(=O)N/C=C\C[C@H](C/C=C(\C)Cl)O[Si](C)(C)C(C)(C)C)C(C)(C)C)OC1=O.COC1=CC[C@@H]([C@@H](C)/C=C(C)/C=C\C#CC(=O)N[C@H](C(=O)N/C=C\C[C@H](C/C=C(\C)Cl)OC(N)=O)C(C)C)OC1=O. The van der Waals surface area contributed by atoms with Crippen LogP contribution in [0.2, 0.25) is 18.1 Å². The minimum Gasteiger partial charge on any atom is -0.490 e. The van der Waals surface area contributed by atoms with Gasteiger partial charge in [-0.1, -0.05) is 165 Å². The van der Waals surface area contributed by atoms with Crippen LogP contribution >= 0.6 is 23.2 Å². The van der Waals surface area contributed by atoms with E-state index in [-0.39, 0.29) is 64.6 Å². The molecule has 6 N–H and O–H groups in total. The van der Waals surface area contributed by atoms with Gasteiger partial charge in [-0.2, -0.15) is 0 Å². The fraction of sp³-hybridized carbons (Fsp3) is 0.540. The van der Waals surface area contributed by atoms with Gasteiger partial charge in [0, 0.05) is 59.2 Å². The van der Waals surface area contributed by atoms with Crippen molar-refractivity contribution >= 4 is 73.2 Å². The summed E-state index contributed by atoms with van der Waals surface area (Å²) in [4.78, 5) is 85.5. The lowest BCUT2D eigenvalue weighted by Gasteiger charge is -2.39. The maximum Gasteiger partial charge on any atom is 0.404 e. The second-order valence-electron chi connectivity index (χ2n) is 23.4. The Hall–Kier alpha value is -6.39. The number of rotatable bonds is 26. The fourth-order valence-electron chi connectivity index (χ4n) is 7.58. The van der Waals surface area contributed by atoms with E-state index in [1.165, 1.54) is 25.5 Å². The van der Waals surface area contributed by atoms with Gasteiger partial charge in [0.1, 0.15) is 30.4 Å². The standard InChI is InChI=1S/C33H53ClN2O5Si.C30H40ClN3O7/c1-23(27-21-18-24(2)31(39)40-27)15-12-13-17-28(37)36-29(32(4,5)6)30(38)35-22-14-16-26(20-19-25(3)34)41-42(10,11)33(7,8)9;1-19(2)27(28(36)33-17-9-11-23(40-30(32)38)14-13-22(5)31)34-26(35)12-8-7-10-20(3)18-21(4)24-15-16-25(39-6)29(37)41-24/h12-15,17-19,22-23,26-27,29H,16,20-21H2,1-11H3,(H,35,38)(H,36,37);7,9-10,13,16-19,21,23-24,27H,11,14-15H2,1-6H3,(H2,32,38)(H,33,36)(H,34,35)/b15-12-,17-13-,22-14-,25-19+;10-7-,17-9-,20-18+,22-13+/t23-,26+,27-,29+;21-,23+,24-,27-/m00/s1. The summed E-state index contributed by atoms with van der Waals surface area (Å²) in [7, 11) is -0.566. The highest BCUT2D eigenvalue weighted by atomic mass is 35.5. The molecule has 2 aliphatic rings. The minimum atomic E-state index is -1.99. The van der Waals surface area contributed by atoms with E-state index in [1.54, 1.807) is 70.4 Å². The van der Waals surface area contributed by atoms with Gasteiger partial charge in [-0.05, 0) is 100 Å². The van der Waals surface area contributed by atoms with Gasteiger partial charge < -0.3 is 50.4 Å². The molecule has 0 unspecified atom stereocenters. The summed E-state index contributed by atoms with van der Waals surface area (Å²) in [6, 6.07) is -1.57. The molecule has 17 nitrogen and oxygen atoms in total. The van der Waals surface area contributed by atoms with Crippen molar-refractivity contribution in [3.8, 4) is 11.8 Å². The molecule has 0 aromatic carbocycles. The number of amides is 5. The average molecular weight is 1210 g/mol. The number of carbonyl (C=O) groups excluding carboxylic acids is 7. The monoisotopic (exact) mass is 1210 g/mol. The van der Waals surface area contributed by atoms with Gasteiger partial charge in [-0.15, -0.1) is 0 Å². The molecular formula is C63H93Cl2N5O12Si. The van der Waals surface area contributed by atoms with Gasteiger partial charge >= 0.3 is 18.0 Å². The Kier molecular flexibility index (Phi) is 33.3. The number of hydrogen-bond donors (Lipinski definition) is 5. The Morgan fingerprint density at radius 1 is 0.783 bits per heavy atom. The molecule has 0 spiro atoms. The van der Waals surface area contributed by atoms with Crippen LogP contribution in [0.25, 0.3) is 0 Å². The molecule has 2 heterocycles. The highest BCUT2D eigenvalue weighted by Gasteiger charge is 2.39. The maximum absolute atomic E-state index is 13.1. The number of allylic oxidation sites excluding steroid dienone is 7. The van der Waals surface area contributed by atoms with Crippen LogP contribution in [0.15, 0.2) is 118 Å². The molecule has 0 aliphatic carbocycles. The lowest BCUT2D eigenvalue weighted by Crippen LogP contribution is -2.52. The van der Waals surface area contributed by atoms with E-state index >= 15 is 0 Å². The number of primary amides is 1. The Balaban J connectivity index is 0.000000830. The van der Waals surface area contributed by atoms with Crippen LogP contribution in [0.3, 0.4) is 0 Å². The quantitative estimate of drug-likeness (QED) is 0.0136. The number of cyclic esters (lactones) is 2. The normalized spacial score (nSPS) is 18.8. The molecule has 0 fully saturated rings. The fourth-order valence-corrected chi connectivity index (χ4v) is 9.14. The molecule has 20 heteroatoms. The van der Waals surface area contributed by atoms with Crippen molar-refractivity contribution in [3.05, 3.63) is 118 Å². The first kappa shape index (κ1) is 74.6. The smallest absolute Gasteiger partial charge is 0.404 e. The molecule has 83 heavy (non-hydrogen) atoms. The molecule has 0 bridgehead atoms. The van der Waals surface area contributed by atoms with E-state index < -0.39 is 55.8 Å². The predicted molar refractivity (Wildman–Crippen MR) is 332 cm³/mol. The van der Waals surface area contributed by atoms with E-state index in [2.05, 4.69) is 67.0 Å². The zero-order chi connectivity index (χ0) is 63.3. The van der Waals surface area contributed by atoms with Crippen LogP contribution in [0.1, 0.15) is 135 Å². The van der Waals surface area contributed by atoms with Crippen molar-refractivity contribution in [1.29, 1.82) is 0 Å². The van der Waals surface area contributed by atoms with E-state index in [0.717, 1.165) is 10.6 Å². The van der Waals surface area contributed by atoms with E-state index in [0.29, 0.717) is 49.1 Å². The molecule has 2 rings (SSSR count). The largest absolute Gasteiger partial charge is 0.490 e. The molecule has 0 aromatic heterocycles. The van der Waals surface area contributed by atoms with Crippen molar-refractivity contribution in [2.24, 2.45) is 28.9 Å². The number of hydrogen-bond acceptors (Lipinski definition) is 12. The van der Waals surface area contributed by atoms with Gasteiger partial charge in [-0.25, -0.2) is 14.4 Å². The molecule has 5 amide bonds. The Bertz CT molecular complexity index is 2600. The van der Waals surface area contributed by atoms with Gasteiger partial charge in [0.2, 0.25) is 17.7 Å². The van der Waals surface area contributed by atoms with Crippen molar-refractivity contribution in [2.75, 3.05) is 7.11 Å². The van der Waals surface area contributed by atoms with E-state index in [4.69, 9.17) is 52.3 Å². The molecule has 0 saturated carbocycles. The van der Waals surface area contributed by atoms with Crippen molar-refractivity contribution in [3.63, 3.8) is 0 Å². The minimum absolute atomic E-state index is 0.00671. The van der Waals surface area contributed by atoms with Crippen molar-refractivity contribution in [1.82, 2.24) is 21.3 Å². The summed E-state index contributed by atoms with van der Waals surface area (Å²) in [6.45, 7) is 31.4. The molecule has 2 aliphatic heterocycles. The predicted octanol–water partition coefficient (Wildman–Crippen LogP) is 11.6. The number of nitrogens with one attached hydrogen (secondary N) is 4. The summed E-state index contributed by atoms with van der Waals surface area (Å²) >= 11 is 11.9. The number of halogens is 2. The summed E-state index contributed by atoms with van der Waals surface area (Å²) in [5.41, 5.74) is 6.10. The molecule has 460 valence electrons. The highest BCUT2D eigenvalue weighted by Crippen LogP contribution is 2.38. The number of nitrogens with two attached hydrogens (primary N) is 1. The molecule has 0 aromatic rings. The van der Waals surface area contributed by atoms with Crippen LogP contribution in [-0.2, 0) is 52.1 Å². The molecule has 8 atom stereocenters. The first-order chi connectivity index (χ1) is 38.6. The number of esters is 2. The lowest BCUT2D eigenvalue weighted by molar-refractivity contribution is -0.151. The number of carbonyl (C=O) groups is 7. The third-order valence-electron chi connectivity index (χ3n) is 13.5. The third kappa shape index (κ3) is 30.7. The first-order valence-electron chi connectivity index (χ1n) is 27.9. The van der Waals surface area contributed by atoms with Gasteiger partial charge in [-0.3, -0.25) is 19.2 Å². The average Bonchev–Trinajstić information content (AvgIpc) is 3.47. The topological polar surface area (TPSA) is 240 Å². The molecule has 0 radical (unpaired) electrons. The van der Waals surface area contributed by atoms with Crippen LogP contribution in [0.5, 0.6) is 0 Å². The van der Waals surface area contributed by atoms with Crippen LogP contribution in [-0.4, -0.2) is 93.6 Å². The highest BCUT2D eigenvalue weighted by molar-refractivity contribution is 6.74. The van der Waals surface area contributed by atoms with Gasteiger partial charge in [0.15, 0.2) is 14.1 Å². The van der Waals surface area contributed by atoms with Crippen LogP contribution in [0.4, 0.5) is 4.79 Å². The summed E-state index contributed by atoms with van der Waals surface area (Å²) in [5.74, 6) is 2.61. The zero-order valence-electron chi connectivity index (χ0n) is 51.8. The summed E-state index contributed by atoms with van der Waals surface area (Å²) in [5, 5.41) is 12.2. The van der Waals surface area contributed by atoms with Crippen molar-refractivity contribution in [2.45, 2.75) is 190 Å². The second-order valence-corrected chi connectivity index (χ2v) is 29.4. The maximum atomic E-state index is 13.1. The van der Waals surface area contributed by atoms with Crippen LogP contribution in [0, 0.1) is 35.0 Å². The number of methoxy groups -OCH3 is 1. The molecular weight excluding hydrogens is 1120 g/mol. The van der Waals surface area contributed by atoms with Gasteiger partial charge in [0.25, 0.3) is 5.91 Å². The second kappa shape index (κ2) is 37.0. The van der Waals surface area contributed by atoms with Crippen molar-refractivity contribution < 1.29 is 56.9 Å². The van der Waals surface area contributed by atoms with Gasteiger partial charge in [0.05, 0.1) is 13.2 Å². The third-order valence-corrected chi connectivity index (χ3v) is 18.4. The number of ether oxygens (including phenoxy) is 4. The lowest BCUT2D eigenvalue weighted by atomic mass is 9.86.